The van der Waals surface area contributed by atoms with Gasteiger partial charge in [-0.15, -0.1) is 0 Å². The van der Waals surface area contributed by atoms with Crippen molar-refractivity contribution in [1.29, 1.82) is 0 Å². The lowest BCUT2D eigenvalue weighted by atomic mass is 10.1. The number of benzene rings is 1. The maximum absolute atomic E-state index is 10.1. The van der Waals surface area contributed by atoms with Gasteiger partial charge in [-0.2, -0.15) is 0 Å². The monoisotopic (exact) mass is 131 g/mol. The maximum Gasteiger partial charge on any atom is 0.233 e. The molecule has 0 aliphatic heterocycles. The second kappa shape index (κ2) is 2.97. The van der Waals surface area contributed by atoms with E-state index in [4.69, 9.17) is 0 Å². The van der Waals surface area contributed by atoms with Gasteiger partial charge in [0.25, 0.3) is 0 Å². The molecule has 1 rings (SSSR count). The fourth-order valence-corrected chi connectivity index (χ4v) is 0.687. The Morgan fingerprint density at radius 3 is 2.30 bits per heavy atom. The van der Waals surface area contributed by atoms with Crippen molar-refractivity contribution >= 4 is 12.4 Å². The van der Waals surface area contributed by atoms with Gasteiger partial charge >= 0.3 is 0 Å². The molecule has 0 saturated heterocycles. The molecule has 1 radical (unpaired) electrons. The highest BCUT2D eigenvalue weighted by Gasteiger charge is 1.88. The van der Waals surface area contributed by atoms with Crippen molar-refractivity contribution in [2.24, 2.45) is 0 Å². The average Bonchev–Trinajstić information content (AvgIpc) is 2.05. The van der Waals surface area contributed by atoms with E-state index in [9.17, 15) is 4.79 Å². The third kappa shape index (κ3) is 1.32. The molecule has 0 N–H and O–H groups in total. The van der Waals surface area contributed by atoms with Crippen LogP contribution in [-0.4, -0.2) is 6.29 Å². The van der Waals surface area contributed by atoms with E-state index in [-0.39, 0.29) is 0 Å². The zero-order valence-electron chi connectivity index (χ0n) is 5.50. The molecular weight excluding hydrogens is 124 g/mol. The van der Waals surface area contributed by atoms with Crippen LogP contribution in [0.3, 0.4) is 0 Å². The lowest BCUT2D eigenvalue weighted by molar-refractivity contribution is 0.563. The Labute approximate surface area is 60.0 Å². The van der Waals surface area contributed by atoms with Crippen LogP contribution in [0.4, 0.5) is 0 Å². The second-order valence-corrected chi connectivity index (χ2v) is 1.93. The minimum Gasteiger partial charge on any atom is -0.285 e. The van der Waals surface area contributed by atoms with Gasteiger partial charge in [0.1, 0.15) is 0 Å². The summed E-state index contributed by atoms with van der Waals surface area (Å²) in [6, 6.07) is 7.08. The Bertz CT molecular complexity index is 206. The van der Waals surface area contributed by atoms with E-state index < -0.39 is 0 Å². The highest BCUT2D eigenvalue weighted by atomic mass is 16.1. The van der Waals surface area contributed by atoms with Gasteiger partial charge in [-0.1, -0.05) is 36.9 Å². The molecule has 0 atom stereocenters. The summed E-state index contributed by atoms with van der Waals surface area (Å²) >= 11 is 0. The molecule has 0 aromatic heterocycles. The largest absolute Gasteiger partial charge is 0.285 e. The van der Waals surface area contributed by atoms with Crippen molar-refractivity contribution in [3.05, 3.63) is 42.0 Å². The summed E-state index contributed by atoms with van der Waals surface area (Å²) in [5.41, 5.74) is 1.59. The van der Waals surface area contributed by atoms with Crippen LogP contribution in [-0.2, 0) is 4.79 Å². The van der Waals surface area contributed by atoms with Crippen LogP contribution in [0.1, 0.15) is 11.1 Å². The molecule has 0 bridgehead atoms. The molecule has 0 saturated carbocycles. The Hall–Kier alpha value is -1.37. The quantitative estimate of drug-likeness (QED) is 0.598. The van der Waals surface area contributed by atoms with E-state index in [1.165, 1.54) is 0 Å². The van der Waals surface area contributed by atoms with Crippen LogP contribution >= 0.6 is 0 Å². The van der Waals surface area contributed by atoms with Gasteiger partial charge in [-0.3, -0.25) is 4.79 Å². The second-order valence-electron chi connectivity index (χ2n) is 1.93. The van der Waals surface area contributed by atoms with Crippen molar-refractivity contribution in [2.45, 2.75) is 0 Å². The first-order chi connectivity index (χ1) is 4.86. The van der Waals surface area contributed by atoms with E-state index >= 15 is 0 Å². The molecule has 0 heterocycles. The lowest BCUT2D eigenvalue weighted by Gasteiger charge is -1.90. The van der Waals surface area contributed by atoms with Crippen LogP contribution in [0.5, 0.6) is 0 Å². The van der Waals surface area contributed by atoms with E-state index in [0.29, 0.717) is 5.56 Å². The van der Waals surface area contributed by atoms with Crippen molar-refractivity contribution in [3.8, 4) is 0 Å². The third-order valence-corrected chi connectivity index (χ3v) is 1.26. The van der Waals surface area contributed by atoms with E-state index in [0.717, 1.165) is 5.56 Å². The minimum atomic E-state index is 0.575. The SMILES string of the molecule is C=Cc1ccc([C]=O)cc1. The summed E-state index contributed by atoms with van der Waals surface area (Å²) in [6.45, 7) is 3.59. The first-order valence-corrected chi connectivity index (χ1v) is 2.97. The first kappa shape index (κ1) is 6.75. The number of hydrogen-bond acceptors (Lipinski definition) is 1. The molecule has 1 nitrogen and oxygen atoms in total. The number of rotatable bonds is 2. The average molecular weight is 131 g/mol. The molecule has 0 fully saturated rings. The minimum absolute atomic E-state index is 0.575. The van der Waals surface area contributed by atoms with Crippen LogP contribution < -0.4 is 0 Å². The zero-order chi connectivity index (χ0) is 7.40. The van der Waals surface area contributed by atoms with Gasteiger partial charge in [0, 0.05) is 5.56 Å². The molecule has 49 valence electrons. The summed E-state index contributed by atoms with van der Waals surface area (Å²) in [5, 5.41) is 0. The molecule has 0 amide bonds. The Kier molecular flexibility index (Phi) is 2.00. The van der Waals surface area contributed by atoms with Crippen molar-refractivity contribution in [2.75, 3.05) is 0 Å². The van der Waals surface area contributed by atoms with Gasteiger partial charge in [0.2, 0.25) is 6.29 Å². The molecule has 1 aromatic rings. The van der Waals surface area contributed by atoms with Crippen molar-refractivity contribution in [1.82, 2.24) is 0 Å². The standard InChI is InChI=1S/C9H7O/c1-2-8-3-5-9(7-10)6-4-8/h2-6H,1H2. The summed E-state index contributed by atoms with van der Waals surface area (Å²) in [7, 11) is 0. The van der Waals surface area contributed by atoms with Crippen LogP contribution in [0.2, 0.25) is 0 Å². The van der Waals surface area contributed by atoms with Crippen LogP contribution in [0.15, 0.2) is 30.8 Å². The van der Waals surface area contributed by atoms with Gasteiger partial charge in [-0.25, -0.2) is 0 Å². The highest BCUT2D eigenvalue weighted by molar-refractivity contribution is 5.75. The van der Waals surface area contributed by atoms with Crippen molar-refractivity contribution < 1.29 is 4.79 Å². The smallest absolute Gasteiger partial charge is 0.233 e. The molecule has 0 spiro atoms. The zero-order valence-corrected chi connectivity index (χ0v) is 5.50. The van der Waals surface area contributed by atoms with Crippen molar-refractivity contribution in [3.63, 3.8) is 0 Å². The fraction of sp³-hybridized carbons (Fsp3) is 0. The summed E-state index contributed by atoms with van der Waals surface area (Å²) in [5.74, 6) is 0. The Balaban J connectivity index is 3.00. The normalized spacial score (nSPS) is 8.80. The molecule has 0 aliphatic carbocycles. The molecule has 10 heavy (non-hydrogen) atoms. The Morgan fingerprint density at radius 1 is 1.30 bits per heavy atom. The van der Waals surface area contributed by atoms with Gasteiger partial charge < -0.3 is 0 Å². The molecule has 1 heteroatoms. The highest BCUT2D eigenvalue weighted by Crippen LogP contribution is 2.02. The van der Waals surface area contributed by atoms with Gasteiger partial charge in [0.15, 0.2) is 0 Å². The van der Waals surface area contributed by atoms with Gasteiger partial charge in [0.05, 0.1) is 0 Å². The molecule has 1 aromatic carbocycles. The molecule has 0 aliphatic rings. The third-order valence-electron chi connectivity index (χ3n) is 1.26. The number of carbonyl (C=O) groups excluding carboxylic acids is 1. The van der Waals surface area contributed by atoms with E-state index in [1.54, 1.807) is 24.5 Å². The van der Waals surface area contributed by atoms with Crippen LogP contribution in [0, 0.1) is 0 Å². The fourth-order valence-electron chi connectivity index (χ4n) is 0.687. The number of hydrogen-bond donors (Lipinski definition) is 0. The van der Waals surface area contributed by atoms with E-state index in [2.05, 4.69) is 6.58 Å². The summed E-state index contributed by atoms with van der Waals surface area (Å²) < 4.78 is 0. The predicted octanol–water partition coefficient (Wildman–Crippen LogP) is 1.79. The molecular formula is C9H7O. The van der Waals surface area contributed by atoms with E-state index in [1.807, 2.05) is 12.1 Å². The maximum atomic E-state index is 10.1. The Morgan fingerprint density at radius 2 is 1.90 bits per heavy atom. The topological polar surface area (TPSA) is 17.1 Å². The van der Waals surface area contributed by atoms with Gasteiger partial charge in [-0.05, 0) is 5.56 Å². The first-order valence-electron chi connectivity index (χ1n) is 2.97. The predicted molar refractivity (Wildman–Crippen MR) is 41.3 cm³/mol. The van der Waals surface area contributed by atoms with Crippen LogP contribution in [0.25, 0.3) is 6.08 Å². The summed E-state index contributed by atoms with van der Waals surface area (Å²) in [6.07, 6.45) is 3.52. The summed E-state index contributed by atoms with van der Waals surface area (Å²) in [4.78, 5) is 10.1. The molecule has 0 unspecified atom stereocenters. The lowest BCUT2D eigenvalue weighted by Crippen LogP contribution is -1.78.